The summed E-state index contributed by atoms with van der Waals surface area (Å²) in [4.78, 5) is 2.15. The van der Waals surface area contributed by atoms with E-state index < -0.39 is 0 Å². The number of rotatable bonds is 3. The maximum absolute atomic E-state index is 9.28. The number of aliphatic hydroxyl groups is 1. The molecule has 0 unspecified atom stereocenters. The summed E-state index contributed by atoms with van der Waals surface area (Å²) in [5.74, 6) is 0. The second kappa shape index (κ2) is 5.58. The van der Waals surface area contributed by atoms with Crippen molar-refractivity contribution in [1.29, 1.82) is 0 Å². The average Bonchev–Trinajstić information content (AvgIpc) is 2.32. The summed E-state index contributed by atoms with van der Waals surface area (Å²) in [6, 6.07) is 13.8. The predicted octanol–water partition coefficient (Wildman–Crippen LogP) is 4.29. The van der Waals surface area contributed by atoms with Crippen LogP contribution in [0.4, 0.5) is 0 Å². The Kier molecular flexibility index (Phi) is 4.11. The Labute approximate surface area is 110 Å². The van der Waals surface area contributed by atoms with Crippen LogP contribution in [0.15, 0.2) is 52.3 Å². The molecule has 0 aliphatic rings. The van der Waals surface area contributed by atoms with Crippen LogP contribution in [-0.2, 0) is 6.61 Å². The SMILES string of the molecule is Cc1ccc(Sc2cc(Cl)ccc2CO)cc1. The van der Waals surface area contributed by atoms with Gasteiger partial charge in [0.25, 0.3) is 0 Å². The van der Waals surface area contributed by atoms with Crippen molar-refractivity contribution in [3.05, 3.63) is 58.6 Å². The van der Waals surface area contributed by atoms with Crippen LogP contribution in [-0.4, -0.2) is 5.11 Å². The first kappa shape index (κ1) is 12.5. The van der Waals surface area contributed by atoms with Gasteiger partial charge in [-0.1, -0.05) is 47.1 Å². The van der Waals surface area contributed by atoms with Gasteiger partial charge in [0, 0.05) is 14.8 Å². The summed E-state index contributed by atoms with van der Waals surface area (Å²) in [5, 5.41) is 9.97. The highest BCUT2D eigenvalue weighted by Crippen LogP contribution is 2.32. The predicted molar refractivity (Wildman–Crippen MR) is 72.7 cm³/mol. The molecule has 0 aliphatic carbocycles. The van der Waals surface area contributed by atoms with Gasteiger partial charge in [0.15, 0.2) is 0 Å². The van der Waals surface area contributed by atoms with Crippen LogP contribution in [0.1, 0.15) is 11.1 Å². The average molecular weight is 265 g/mol. The van der Waals surface area contributed by atoms with Gasteiger partial charge in [-0.05, 0) is 36.8 Å². The van der Waals surface area contributed by atoms with Gasteiger partial charge in [0.2, 0.25) is 0 Å². The summed E-state index contributed by atoms with van der Waals surface area (Å²) < 4.78 is 0. The number of halogens is 1. The zero-order chi connectivity index (χ0) is 12.3. The molecular weight excluding hydrogens is 252 g/mol. The molecule has 0 bridgehead atoms. The minimum atomic E-state index is 0.0331. The number of hydrogen-bond acceptors (Lipinski definition) is 2. The topological polar surface area (TPSA) is 20.2 Å². The van der Waals surface area contributed by atoms with Crippen molar-refractivity contribution in [2.24, 2.45) is 0 Å². The smallest absolute Gasteiger partial charge is 0.0692 e. The Bertz CT molecular complexity index is 508. The van der Waals surface area contributed by atoms with Crippen LogP contribution >= 0.6 is 23.4 Å². The van der Waals surface area contributed by atoms with E-state index in [2.05, 4.69) is 31.2 Å². The van der Waals surface area contributed by atoms with Crippen molar-refractivity contribution in [2.75, 3.05) is 0 Å². The Morgan fingerprint density at radius 1 is 1.12 bits per heavy atom. The Morgan fingerprint density at radius 3 is 2.47 bits per heavy atom. The van der Waals surface area contributed by atoms with Gasteiger partial charge in [0.1, 0.15) is 0 Å². The van der Waals surface area contributed by atoms with E-state index in [1.807, 2.05) is 12.1 Å². The molecule has 1 N–H and O–H groups in total. The van der Waals surface area contributed by atoms with Gasteiger partial charge in [-0.3, -0.25) is 0 Å². The summed E-state index contributed by atoms with van der Waals surface area (Å²) in [6.07, 6.45) is 0. The Balaban J connectivity index is 2.28. The first-order valence-electron chi connectivity index (χ1n) is 5.33. The molecule has 1 nitrogen and oxygen atoms in total. The fraction of sp³-hybridized carbons (Fsp3) is 0.143. The Morgan fingerprint density at radius 2 is 1.82 bits per heavy atom. The summed E-state index contributed by atoms with van der Waals surface area (Å²) >= 11 is 7.59. The number of aryl methyl sites for hydroxylation is 1. The van der Waals surface area contributed by atoms with Crippen LogP contribution in [0.5, 0.6) is 0 Å². The van der Waals surface area contributed by atoms with E-state index in [4.69, 9.17) is 11.6 Å². The van der Waals surface area contributed by atoms with Gasteiger partial charge in [-0.15, -0.1) is 0 Å². The summed E-state index contributed by atoms with van der Waals surface area (Å²) in [7, 11) is 0. The molecule has 17 heavy (non-hydrogen) atoms. The molecule has 2 rings (SSSR count). The highest BCUT2D eigenvalue weighted by Gasteiger charge is 2.04. The highest BCUT2D eigenvalue weighted by atomic mass is 35.5. The van der Waals surface area contributed by atoms with Crippen LogP contribution in [0, 0.1) is 6.92 Å². The van der Waals surface area contributed by atoms with Crippen LogP contribution in [0.25, 0.3) is 0 Å². The van der Waals surface area contributed by atoms with E-state index in [0.717, 1.165) is 15.4 Å². The molecule has 0 spiro atoms. The molecule has 3 heteroatoms. The van der Waals surface area contributed by atoms with Crippen molar-refractivity contribution >= 4 is 23.4 Å². The molecule has 0 saturated heterocycles. The second-order valence-electron chi connectivity index (χ2n) is 3.83. The molecular formula is C14H13ClOS. The van der Waals surface area contributed by atoms with E-state index in [-0.39, 0.29) is 6.61 Å². The maximum Gasteiger partial charge on any atom is 0.0692 e. The molecule has 0 radical (unpaired) electrons. The van der Waals surface area contributed by atoms with E-state index in [1.165, 1.54) is 5.56 Å². The van der Waals surface area contributed by atoms with Crippen molar-refractivity contribution in [2.45, 2.75) is 23.3 Å². The molecule has 2 aromatic rings. The molecule has 0 amide bonds. The number of hydrogen-bond donors (Lipinski definition) is 1. The lowest BCUT2D eigenvalue weighted by molar-refractivity contribution is 0.279. The van der Waals surface area contributed by atoms with E-state index in [1.54, 1.807) is 17.8 Å². The monoisotopic (exact) mass is 264 g/mol. The molecule has 88 valence electrons. The Hall–Kier alpha value is -0.960. The van der Waals surface area contributed by atoms with Gasteiger partial charge in [-0.2, -0.15) is 0 Å². The minimum Gasteiger partial charge on any atom is -0.392 e. The maximum atomic E-state index is 9.28. The normalized spacial score (nSPS) is 10.5. The number of benzene rings is 2. The number of aliphatic hydroxyl groups excluding tert-OH is 1. The minimum absolute atomic E-state index is 0.0331. The van der Waals surface area contributed by atoms with Crippen LogP contribution in [0.2, 0.25) is 5.02 Å². The van der Waals surface area contributed by atoms with E-state index >= 15 is 0 Å². The molecule has 0 aromatic heterocycles. The molecule has 0 atom stereocenters. The molecule has 0 heterocycles. The second-order valence-corrected chi connectivity index (χ2v) is 5.38. The van der Waals surface area contributed by atoms with Crippen LogP contribution < -0.4 is 0 Å². The van der Waals surface area contributed by atoms with Gasteiger partial charge >= 0.3 is 0 Å². The lowest BCUT2D eigenvalue weighted by Gasteiger charge is -2.07. The highest BCUT2D eigenvalue weighted by molar-refractivity contribution is 7.99. The molecule has 0 saturated carbocycles. The van der Waals surface area contributed by atoms with Gasteiger partial charge in [0.05, 0.1) is 6.61 Å². The largest absolute Gasteiger partial charge is 0.392 e. The molecule has 0 aliphatic heterocycles. The van der Waals surface area contributed by atoms with Crippen molar-refractivity contribution in [3.63, 3.8) is 0 Å². The lowest BCUT2D eigenvalue weighted by atomic mass is 10.2. The zero-order valence-corrected chi connectivity index (χ0v) is 11.1. The quantitative estimate of drug-likeness (QED) is 0.892. The zero-order valence-electron chi connectivity index (χ0n) is 9.48. The summed E-state index contributed by atoms with van der Waals surface area (Å²) in [5.41, 5.74) is 2.14. The van der Waals surface area contributed by atoms with E-state index in [9.17, 15) is 5.11 Å². The fourth-order valence-electron chi connectivity index (χ4n) is 1.49. The fourth-order valence-corrected chi connectivity index (χ4v) is 2.70. The standard InChI is InChI=1S/C14H13ClOS/c1-10-2-6-13(7-3-10)17-14-8-12(15)5-4-11(14)9-16/h2-8,16H,9H2,1H3. The van der Waals surface area contributed by atoms with Gasteiger partial charge in [-0.25, -0.2) is 0 Å². The van der Waals surface area contributed by atoms with E-state index in [0.29, 0.717) is 5.02 Å². The third-order valence-electron chi connectivity index (χ3n) is 2.45. The van der Waals surface area contributed by atoms with Crippen LogP contribution in [0.3, 0.4) is 0 Å². The summed E-state index contributed by atoms with van der Waals surface area (Å²) in [6.45, 7) is 2.10. The van der Waals surface area contributed by atoms with Crippen molar-refractivity contribution in [3.8, 4) is 0 Å². The first-order chi connectivity index (χ1) is 8.19. The third kappa shape index (κ3) is 3.25. The van der Waals surface area contributed by atoms with Crippen molar-refractivity contribution < 1.29 is 5.11 Å². The van der Waals surface area contributed by atoms with Crippen molar-refractivity contribution in [1.82, 2.24) is 0 Å². The first-order valence-corrected chi connectivity index (χ1v) is 6.52. The third-order valence-corrected chi connectivity index (χ3v) is 3.79. The lowest BCUT2D eigenvalue weighted by Crippen LogP contribution is -1.87. The molecule has 0 fully saturated rings. The van der Waals surface area contributed by atoms with Gasteiger partial charge < -0.3 is 5.11 Å². The molecule has 2 aromatic carbocycles.